The topological polar surface area (TPSA) is 331 Å². The Labute approximate surface area is 266 Å². The molecule has 4 atom stereocenters. The van der Waals surface area contributed by atoms with Crippen LogP contribution in [0.3, 0.4) is 0 Å². The third-order valence-electron chi connectivity index (χ3n) is 3.47. The van der Waals surface area contributed by atoms with Gasteiger partial charge in [0.2, 0.25) is 0 Å². The van der Waals surface area contributed by atoms with Gasteiger partial charge in [0.25, 0.3) is 0 Å². The molecule has 172 valence electrons. The molecular formula is C8H20K2O18Sb2. The number of carbonyl (C=O) groups is 4. The Morgan fingerprint density at radius 1 is 0.467 bits per heavy atom. The largest absolute Gasteiger partial charge is 1.00 e. The molecule has 5 aliphatic heterocycles. The second-order valence-electron chi connectivity index (χ2n) is 4.84. The van der Waals surface area contributed by atoms with Crippen LogP contribution in [0.1, 0.15) is 2.85 Å². The van der Waals surface area contributed by atoms with Crippen molar-refractivity contribution < 1.29 is 182 Å². The summed E-state index contributed by atoms with van der Waals surface area (Å²) < 4.78 is 41.1. The standard InChI is InChI=1S/2C4H4O6.2K.6H2O.2Sb.4H/c2*5-1(3(7)8)2(6)4(9)10;;;;;;;;;;;;;;/h2*1-2H,(H,7,8)(H,9,10);;;6*1H2;;;;;;/q2*-2;2*+1;;;;;;;2*+4;;;2*-1/p-4. The molecule has 22 heteroatoms. The third-order valence-corrected chi connectivity index (χ3v) is 14.8. The quantitative estimate of drug-likeness (QED) is 0.210. The van der Waals surface area contributed by atoms with Crippen molar-refractivity contribution >= 4 is 64.8 Å². The van der Waals surface area contributed by atoms with Crippen molar-refractivity contribution in [2.45, 2.75) is 24.4 Å². The Balaban J connectivity index is -0.000000169. The molecule has 30 heavy (non-hydrogen) atoms. The molecule has 5 fully saturated rings. The predicted octanol–water partition coefficient (Wildman–Crippen LogP) is -14.6. The predicted molar refractivity (Wildman–Crippen MR) is 82.1 cm³/mol. The Hall–Kier alpha value is 2.39. The van der Waals surface area contributed by atoms with Gasteiger partial charge in [0.05, 0.1) is 0 Å². The minimum atomic E-state index is -4.99. The molecule has 5 heterocycles. The van der Waals surface area contributed by atoms with Gasteiger partial charge in [-0.05, 0) is 0 Å². The minimum Gasteiger partial charge on any atom is -1.00 e. The Morgan fingerprint density at radius 2 is 0.633 bits per heavy atom. The van der Waals surface area contributed by atoms with Gasteiger partial charge in [0.1, 0.15) is 0 Å². The first-order chi connectivity index (χ1) is 10.4. The number of hydrogen-bond donors (Lipinski definition) is 0. The first-order valence-corrected chi connectivity index (χ1v) is 15.4. The van der Waals surface area contributed by atoms with Crippen molar-refractivity contribution in [3.63, 3.8) is 0 Å². The summed E-state index contributed by atoms with van der Waals surface area (Å²) in [6.07, 6.45) is -6.04. The summed E-state index contributed by atoms with van der Waals surface area (Å²) >= 11 is -9.98. The van der Waals surface area contributed by atoms with E-state index in [4.69, 9.17) is 24.1 Å². The van der Waals surface area contributed by atoms with Crippen molar-refractivity contribution in [2.24, 2.45) is 0 Å². The van der Waals surface area contributed by atoms with Crippen LogP contribution in [-0.4, -0.2) is 122 Å². The van der Waals surface area contributed by atoms with Crippen molar-refractivity contribution in [1.82, 2.24) is 0 Å². The normalized spacial score (nSPS) is 33.3. The van der Waals surface area contributed by atoms with Crippen LogP contribution in [0, 0.1) is 0 Å². The van der Waals surface area contributed by atoms with Crippen LogP contribution >= 0.6 is 0 Å². The van der Waals surface area contributed by atoms with E-state index in [2.05, 4.69) is 0 Å². The zero-order valence-electron chi connectivity index (χ0n) is 17.2. The average Bonchev–Trinajstić information content (AvgIpc) is 3.09. The van der Waals surface area contributed by atoms with E-state index in [0.29, 0.717) is 0 Å². The van der Waals surface area contributed by atoms with E-state index >= 15 is 0 Å². The molecule has 0 aromatic rings. The average molecular weight is 726 g/mol. The summed E-state index contributed by atoms with van der Waals surface area (Å²) in [5, 5.41) is 0. The molecule has 5 aliphatic rings. The Morgan fingerprint density at radius 3 is 0.800 bits per heavy atom. The van der Waals surface area contributed by atoms with Gasteiger partial charge in [0, 0.05) is 0 Å². The van der Waals surface area contributed by atoms with Crippen LogP contribution in [0.25, 0.3) is 0 Å². The van der Waals surface area contributed by atoms with Gasteiger partial charge in [-0.2, -0.15) is 0 Å². The number of rotatable bonds is 0. The molecule has 18 nitrogen and oxygen atoms in total. The van der Waals surface area contributed by atoms with Crippen LogP contribution in [0.2, 0.25) is 0 Å². The molecule has 0 saturated carbocycles. The SMILES string of the molecule is O.O.O.O.O.O.O=C1[O][SbH]23[O]C(=O)C([O]2)C2[O][SbH]4([O]C(=O)C([O]4)C1[O]3)[O]C2=O.[H-].[H-].[K+].[K+]. The number of fused-ring (bicyclic) bond motifs is 6. The molecule has 0 aromatic heterocycles. The second kappa shape index (κ2) is 13.5. The van der Waals surface area contributed by atoms with Gasteiger partial charge in [-0.25, -0.2) is 0 Å². The van der Waals surface area contributed by atoms with E-state index in [1.807, 2.05) is 0 Å². The van der Waals surface area contributed by atoms with E-state index < -0.39 is 89.3 Å². The molecule has 0 aliphatic carbocycles. The monoisotopic (exact) mass is 724 g/mol. The summed E-state index contributed by atoms with van der Waals surface area (Å²) in [6, 6.07) is 0. The van der Waals surface area contributed by atoms with E-state index in [-0.39, 0.29) is 138 Å². The molecule has 0 amide bonds. The van der Waals surface area contributed by atoms with Gasteiger partial charge >= 0.3 is 235 Å². The summed E-state index contributed by atoms with van der Waals surface area (Å²) in [7, 11) is 0. The third kappa shape index (κ3) is 5.96. The molecule has 4 unspecified atom stereocenters. The molecule has 5 rings (SSSR count). The van der Waals surface area contributed by atoms with Crippen LogP contribution in [0.5, 0.6) is 0 Å². The van der Waals surface area contributed by atoms with Crippen molar-refractivity contribution in [3.8, 4) is 0 Å². The van der Waals surface area contributed by atoms with Crippen LogP contribution in [0.4, 0.5) is 0 Å². The fraction of sp³-hybridized carbons (Fsp3) is 0.500. The maximum absolute atomic E-state index is 11.9. The van der Waals surface area contributed by atoms with Gasteiger partial charge < -0.3 is 35.7 Å². The minimum absolute atomic E-state index is 0. The fourth-order valence-electron chi connectivity index (χ4n) is 2.57. The van der Waals surface area contributed by atoms with Gasteiger partial charge in [0.15, 0.2) is 0 Å². The molecule has 2 spiro atoms. The van der Waals surface area contributed by atoms with Gasteiger partial charge in [-0.1, -0.05) is 0 Å². The molecule has 0 radical (unpaired) electrons. The van der Waals surface area contributed by atoms with Crippen molar-refractivity contribution in [1.29, 1.82) is 0 Å². The molecular weight excluding hydrogens is 706 g/mol. The van der Waals surface area contributed by atoms with Crippen LogP contribution in [0.15, 0.2) is 0 Å². The molecule has 0 aromatic carbocycles. The van der Waals surface area contributed by atoms with E-state index in [1.165, 1.54) is 0 Å². The Kier molecular flexibility index (Phi) is 17.8. The Bertz CT molecular complexity index is 573. The van der Waals surface area contributed by atoms with Gasteiger partial charge in [-0.15, -0.1) is 0 Å². The first kappa shape index (κ1) is 39.6. The zero-order valence-corrected chi connectivity index (χ0v) is 27.2. The summed E-state index contributed by atoms with van der Waals surface area (Å²) in [5.41, 5.74) is 0. The van der Waals surface area contributed by atoms with Crippen molar-refractivity contribution in [3.05, 3.63) is 0 Å². The van der Waals surface area contributed by atoms with Gasteiger partial charge in [-0.3, -0.25) is 0 Å². The van der Waals surface area contributed by atoms with Crippen LogP contribution in [-0.2, 0) is 43.3 Å². The van der Waals surface area contributed by atoms with E-state index in [0.717, 1.165) is 0 Å². The molecule has 5 saturated heterocycles. The molecule has 6 bridgehead atoms. The zero-order chi connectivity index (χ0) is 15.3. The maximum Gasteiger partial charge on any atom is 1.00 e. The fourth-order valence-corrected chi connectivity index (χ4v) is 14.4. The summed E-state index contributed by atoms with van der Waals surface area (Å²) in [6.45, 7) is 0. The summed E-state index contributed by atoms with van der Waals surface area (Å²) in [4.78, 5) is 47.6. The van der Waals surface area contributed by atoms with Crippen molar-refractivity contribution in [2.75, 3.05) is 0 Å². The number of hydrogen-bond acceptors (Lipinski definition) is 12. The molecule has 12 N–H and O–H groups in total. The maximum atomic E-state index is 11.9. The van der Waals surface area contributed by atoms with Crippen LogP contribution < -0.4 is 103 Å². The van der Waals surface area contributed by atoms with E-state index in [1.54, 1.807) is 0 Å². The summed E-state index contributed by atoms with van der Waals surface area (Å²) in [5.74, 6) is -3.84. The number of carbonyl (C=O) groups excluding carboxylic acids is 4. The first-order valence-electron chi connectivity index (χ1n) is 6.03. The van der Waals surface area contributed by atoms with E-state index in [9.17, 15) is 19.2 Å². The second-order valence-corrected chi connectivity index (χ2v) is 15.6. The smallest absolute Gasteiger partial charge is 1.00 e.